The summed E-state index contributed by atoms with van der Waals surface area (Å²) in [5, 5.41) is 9.29. The molecule has 0 bridgehead atoms. The van der Waals surface area contributed by atoms with Gasteiger partial charge in [-0.1, -0.05) is 0 Å². The van der Waals surface area contributed by atoms with Gasteiger partial charge in [-0.3, -0.25) is 4.79 Å². The molecule has 0 rings (SSSR count). The summed E-state index contributed by atoms with van der Waals surface area (Å²) in [5.41, 5.74) is -0.993. The summed E-state index contributed by atoms with van der Waals surface area (Å²) >= 11 is 0. The normalized spacial score (nSPS) is 14.5. The van der Waals surface area contributed by atoms with Crippen molar-refractivity contribution in [1.82, 2.24) is 0 Å². The van der Waals surface area contributed by atoms with E-state index in [0.717, 1.165) is 0 Å². The molecule has 0 saturated heterocycles. The van der Waals surface area contributed by atoms with Crippen molar-refractivity contribution >= 4 is 5.97 Å². The highest BCUT2D eigenvalue weighted by molar-refractivity contribution is 5.73. The van der Waals surface area contributed by atoms with Gasteiger partial charge >= 0.3 is 5.97 Å². The second-order valence-electron chi connectivity index (χ2n) is 2.90. The van der Waals surface area contributed by atoms with Gasteiger partial charge < -0.3 is 9.84 Å². The first-order valence-electron chi connectivity index (χ1n) is 3.19. The van der Waals surface area contributed by atoms with Crippen LogP contribution in [-0.4, -0.2) is 23.8 Å². The molecule has 1 N–H and O–H groups in total. The topological polar surface area (TPSA) is 46.5 Å². The molecule has 3 nitrogen and oxygen atoms in total. The van der Waals surface area contributed by atoms with Crippen molar-refractivity contribution in [2.75, 3.05) is 7.11 Å². The Hall–Kier alpha value is -0.570. The van der Waals surface area contributed by atoms with E-state index in [1.54, 1.807) is 20.8 Å². The summed E-state index contributed by atoms with van der Waals surface area (Å²) < 4.78 is 4.44. The van der Waals surface area contributed by atoms with Crippen LogP contribution in [0.15, 0.2) is 0 Å². The molecule has 0 amide bonds. The van der Waals surface area contributed by atoms with Crippen LogP contribution in [0.1, 0.15) is 20.8 Å². The molecule has 0 aromatic carbocycles. The van der Waals surface area contributed by atoms with E-state index in [9.17, 15) is 9.90 Å². The zero-order valence-electron chi connectivity index (χ0n) is 6.84. The first-order valence-corrected chi connectivity index (χ1v) is 3.19. The number of aliphatic hydroxyl groups is 1. The largest absolute Gasteiger partial charge is 0.469 e. The van der Waals surface area contributed by atoms with Crippen molar-refractivity contribution in [1.29, 1.82) is 0 Å². The van der Waals surface area contributed by atoms with Gasteiger partial charge in [0.1, 0.15) is 0 Å². The van der Waals surface area contributed by atoms with Crippen LogP contribution in [0.5, 0.6) is 0 Å². The molecule has 0 aliphatic heterocycles. The number of ether oxygens (including phenoxy) is 1. The van der Waals surface area contributed by atoms with Crippen molar-refractivity contribution in [3.05, 3.63) is 0 Å². The molecule has 0 unspecified atom stereocenters. The Labute approximate surface area is 61.0 Å². The maximum atomic E-state index is 10.8. The van der Waals surface area contributed by atoms with Crippen molar-refractivity contribution in [3.63, 3.8) is 0 Å². The van der Waals surface area contributed by atoms with E-state index in [1.165, 1.54) is 7.11 Å². The Kier molecular flexibility index (Phi) is 2.84. The zero-order chi connectivity index (χ0) is 8.36. The summed E-state index contributed by atoms with van der Waals surface area (Å²) in [4.78, 5) is 10.8. The molecule has 0 radical (unpaired) electrons. The van der Waals surface area contributed by atoms with E-state index in [1.807, 2.05) is 0 Å². The number of hydrogen-bond acceptors (Lipinski definition) is 3. The number of esters is 1. The van der Waals surface area contributed by atoms with Gasteiger partial charge in [0.2, 0.25) is 0 Å². The second-order valence-corrected chi connectivity index (χ2v) is 2.90. The fraction of sp³-hybridized carbons (Fsp3) is 0.857. The maximum absolute atomic E-state index is 10.8. The fourth-order valence-corrected chi connectivity index (χ4v) is 0.465. The predicted molar refractivity (Wildman–Crippen MR) is 37.5 cm³/mol. The lowest BCUT2D eigenvalue weighted by Gasteiger charge is -2.22. The van der Waals surface area contributed by atoms with Gasteiger partial charge in [0, 0.05) is 0 Å². The van der Waals surface area contributed by atoms with E-state index in [4.69, 9.17) is 0 Å². The van der Waals surface area contributed by atoms with Crippen LogP contribution >= 0.6 is 0 Å². The molecule has 0 aromatic rings. The number of rotatable bonds is 2. The highest BCUT2D eigenvalue weighted by Crippen LogP contribution is 2.16. The number of carbonyl (C=O) groups excluding carboxylic acids is 1. The Morgan fingerprint density at radius 2 is 2.00 bits per heavy atom. The first-order chi connectivity index (χ1) is 4.39. The predicted octanol–water partition coefficient (Wildman–Crippen LogP) is 0.566. The Bertz CT molecular complexity index is 123. The lowest BCUT2D eigenvalue weighted by Crippen LogP contribution is -2.35. The summed E-state index contributed by atoms with van der Waals surface area (Å²) in [7, 11) is 1.31. The van der Waals surface area contributed by atoms with Gasteiger partial charge in [-0.15, -0.1) is 0 Å². The minimum atomic E-state index is -0.993. The van der Waals surface area contributed by atoms with E-state index in [2.05, 4.69) is 4.74 Å². The van der Waals surface area contributed by atoms with Gasteiger partial charge in [0.15, 0.2) is 0 Å². The lowest BCUT2D eigenvalue weighted by atomic mass is 9.93. The Morgan fingerprint density at radius 3 is 2.10 bits per heavy atom. The van der Waals surface area contributed by atoms with Crippen LogP contribution < -0.4 is 0 Å². The van der Waals surface area contributed by atoms with Gasteiger partial charge in [-0.2, -0.15) is 0 Å². The van der Waals surface area contributed by atoms with Crippen LogP contribution in [0.2, 0.25) is 0 Å². The highest BCUT2D eigenvalue weighted by Gasteiger charge is 2.29. The third-order valence-corrected chi connectivity index (χ3v) is 1.61. The van der Waals surface area contributed by atoms with Gasteiger partial charge in [-0.25, -0.2) is 0 Å². The number of methoxy groups -OCH3 is 1. The molecular weight excluding hydrogens is 132 g/mol. The van der Waals surface area contributed by atoms with Gasteiger partial charge in [-0.05, 0) is 20.8 Å². The summed E-state index contributed by atoms with van der Waals surface area (Å²) in [5.74, 6) is -0.856. The lowest BCUT2D eigenvalue weighted by molar-refractivity contribution is -0.152. The summed E-state index contributed by atoms with van der Waals surface area (Å²) in [6.45, 7) is 4.79. The zero-order valence-corrected chi connectivity index (χ0v) is 6.84. The quantitative estimate of drug-likeness (QED) is 0.579. The Morgan fingerprint density at radius 1 is 1.60 bits per heavy atom. The van der Waals surface area contributed by atoms with Crippen molar-refractivity contribution < 1.29 is 14.6 Å². The van der Waals surface area contributed by atoms with Crippen LogP contribution in [-0.2, 0) is 9.53 Å². The molecule has 60 valence electrons. The van der Waals surface area contributed by atoms with Crippen molar-refractivity contribution in [2.45, 2.75) is 26.4 Å². The van der Waals surface area contributed by atoms with E-state index in [-0.39, 0.29) is 5.97 Å². The van der Waals surface area contributed by atoms with Crippen LogP contribution in [0.3, 0.4) is 0 Å². The molecule has 3 heteroatoms. The van der Waals surface area contributed by atoms with Gasteiger partial charge in [0.25, 0.3) is 0 Å². The Balaban J connectivity index is 4.08. The van der Waals surface area contributed by atoms with Crippen LogP contribution in [0, 0.1) is 5.92 Å². The maximum Gasteiger partial charge on any atom is 0.311 e. The standard InChI is InChI=1S/C7H14O3/c1-5(6(8)10-4)7(2,3)9/h5,9H,1-4H3/t5-/m1/s1. The number of carbonyl (C=O) groups is 1. The van der Waals surface area contributed by atoms with E-state index < -0.39 is 11.5 Å². The van der Waals surface area contributed by atoms with Crippen molar-refractivity contribution in [3.8, 4) is 0 Å². The minimum Gasteiger partial charge on any atom is -0.469 e. The van der Waals surface area contributed by atoms with Crippen LogP contribution in [0.25, 0.3) is 0 Å². The number of hydrogen-bond donors (Lipinski definition) is 1. The monoisotopic (exact) mass is 146 g/mol. The molecule has 0 saturated carbocycles. The summed E-state index contributed by atoms with van der Waals surface area (Å²) in [6, 6.07) is 0. The molecule has 0 aromatic heterocycles. The molecule has 0 aliphatic rings. The molecule has 1 atom stereocenters. The minimum absolute atomic E-state index is 0.382. The van der Waals surface area contributed by atoms with Crippen molar-refractivity contribution in [2.24, 2.45) is 5.92 Å². The van der Waals surface area contributed by atoms with Gasteiger partial charge in [0.05, 0.1) is 18.6 Å². The molecular formula is C7H14O3. The average Bonchev–Trinajstić information content (AvgIpc) is 1.83. The fourth-order valence-electron chi connectivity index (χ4n) is 0.465. The first kappa shape index (κ1) is 9.43. The highest BCUT2D eigenvalue weighted by atomic mass is 16.5. The van der Waals surface area contributed by atoms with E-state index in [0.29, 0.717) is 0 Å². The molecule has 0 aliphatic carbocycles. The summed E-state index contributed by atoms with van der Waals surface area (Å²) in [6.07, 6.45) is 0. The SMILES string of the molecule is COC(=O)[C@@H](C)C(C)(C)O. The second kappa shape index (κ2) is 3.01. The smallest absolute Gasteiger partial charge is 0.311 e. The average molecular weight is 146 g/mol. The molecule has 0 heterocycles. The molecule has 0 spiro atoms. The van der Waals surface area contributed by atoms with E-state index >= 15 is 0 Å². The molecule has 0 fully saturated rings. The third-order valence-electron chi connectivity index (χ3n) is 1.61. The molecule has 10 heavy (non-hydrogen) atoms. The van der Waals surface area contributed by atoms with Crippen LogP contribution in [0.4, 0.5) is 0 Å². The third kappa shape index (κ3) is 2.35.